The van der Waals surface area contributed by atoms with Crippen LogP contribution in [0.1, 0.15) is 19.4 Å². The molecule has 17 heavy (non-hydrogen) atoms. The molecule has 1 aromatic carbocycles. The van der Waals surface area contributed by atoms with E-state index in [1.807, 2.05) is 24.3 Å². The van der Waals surface area contributed by atoms with Crippen molar-refractivity contribution in [2.75, 3.05) is 13.1 Å². The molecule has 1 aliphatic rings. The molecule has 0 fully saturated rings. The first-order valence-electron chi connectivity index (χ1n) is 5.69. The monoisotopic (exact) mass is 294 g/mol. The number of aliphatic imine (C=N–C) groups is 1. The van der Waals surface area contributed by atoms with Gasteiger partial charge in [-0.1, -0.05) is 48.0 Å². The number of hydrogen-bond donors (Lipinski definition) is 0. The number of benzene rings is 1. The van der Waals surface area contributed by atoms with Gasteiger partial charge in [-0.15, -0.1) is 0 Å². The molecule has 0 spiro atoms. The van der Waals surface area contributed by atoms with Gasteiger partial charge in [0.2, 0.25) is 5.91 Å². The van der Waals surface area contributed by atoms with E-state index in [1.165, 1.54) is 0 Å². The summed E-state index contributed by atoms with van der Waals surface area (Å²) in [5.41, 5.74) is 0.985. The molecular formula is C13H15BrN2O. The van der Waals surface area contributed by atoms with E-state index in [0.29, 0.717) is 5.92 Å². The van der Waals surface area contributed by atoms with Gasteiger partial charge in [-0.05, 0) is 12.0 Å². The van der Waals surface area contributed by atoms with Crippen molar-refractivity contribution in [2.45, 2.75) is 13.8 Å². The number of amides is 1. The highest BCUT2D eigenvalue weighted by Gasteiger charge is 2.27. The summed E-state index contributed by atoms with van der Waals surface area (Å²) in [6.07, 6.45) is 0. The summed E-state index contributed by atoms with van der Waals surface area (Å²) in [4.78, 5) is 17.9. The van der Waals surface area contributed by atoms with E-state index < -0.39 is 0 Å². The Balaban J connectivity index is 2.32. The van der Waals surface area contributed by atoms with Crippen LogP contribution in [0.15, 0.2) is 33.7 Å². The summed E-state index contributed by atoms with van der Waals surface area (Å²) >= 11 is 3.50. The highest BCUT2D eigenvalue weighted by atomic mass is 79.9. The molecule has 1 aromatic rings. The van der Waals surface area contributed by atoms with Crippen LogP contribution < -0.4 is 0 Å². The van der Waals surface area contributed by atoms with E-state index >= 15 is 0 Å². The number of carbonyl (C=O) groups excluding carboxylic acids is 1. The average molecular weight is 295 g/mol. The number of rotatable bonds is 3. The van der Waals surface area contributed by atoms with E-state index in [9.17, 15) is 4.79 Å². The minimum atomic E-state index is 0.0875. The van der Waals surface area contributed by atoms with Crippen molar-refractivity contribution < 1.29 is 4.79 Å². The summed E-state index contributed by atoms with van der Waals surface area (Å²) in [6, 6.07) is 7.86. The fourth-order valence-corrected chi connectivity index (χ4v) is 2.32. The van der Waals surface area contributed by atoms with Gasteiger partial charge in [0.25, 0.3) is 0 Å². The van der Waals surface area contributed by atoms with Crippen LogP contribution >= 0.6 is 15.9 Å². The molecule has 0 aliphatic carbocycles. The predicted molar refractivity (Wildman–Crippen MR) is 72.1 cm³/mol. The number of amidine groups is 1. The summed E-state index contributed by atoms with van der Waals surface area (Å²) < 4.78 is 0.974. The Morgan fingerprint density at radius 3 is 2.76 bits per heavy atom. The second kappa shape index (κ2) is 5.00. The van der Waals surface area contributed by atoms with Gasteiger partial charge in [0, 0.05) is 16.6 Å². The highest BCUT2D eigenvalue weighted by Crippen LogP contribution is 2.21. The summed E-state index contributed by atoms with van der Waals surface area (Å²) in [5, 5.41) is 0. The van der Waals surface area contributed by atoms with E-state index in [4.69, 9.17) is 0 Å². The molecule has 90 valence electrons. The van der Waals surface area contributed by atoms with Gasteiger partial charge < -0.3 is 0 Å². The van der Waals surface area contributed by atoms with Crippen LogP contribution in [0.3, 0.4) is 0 Å². The van der Waals surface area contributed by atoms with Gasteiger partial charge in [-0.3, -0.25) is 14.7 Å². The van der Waals surface area contributed by atoms with Crippen molar-refractivity contribution >= 4 is 27.7 Å². The fraction of sp³-hybridized carbons (Fsp3) is 0.385. The Labute approximate surface area is 110 Å². The molecule has 4 heteroatoms. The minimum absolute atomic E-state index is 0.0875. The average Bonchev–Trinajstić information content (AvgIpc) is 2.61. The first kappa shape index (κ1) is 12.3. The SMILES string of the molecule is CC(C)CN1C(=O)CN=C1c1ccccc1Br. The van der Waals surface area contributed by atoms with E-state index in [1.54, 1.807) is 4.90 Å². The molecule has 0 unspecified atom stereocenters. The molecule has 1 aliphatic heterocycles. The Morgan fingerprint density at radius 2 is 2.12 bits per heavy atom. The number of nitrogens with zero attached hydrogens (tertiary/aromatic N) is 2. The normalized spacial score (nSPS) is 15.6. The van der Waals surface area contributed by atoms with Crippen LogP contribution in [0.25, 0.3) is 0 Å². The van der Waals surface area contributed by atoms with Crippen LogP contribution in [-0.2, 0) is 4.79 Å². The van der Waals surface area contributed by atoms with Crippen molar-refractivity contribution in [3.63, 3.8) is 0 Å². The Bertz CT molecular complexity index is 468. The molecule has 1 heterocycles. The molecule has 3 nitrogen and oxygen atoms in total. The second-order valence-electron chi connectivity index (χ2n) is 4.52. The molecule has 0 bridgehead atoms. The van der Waals surface area contributed by atoms with Crippen LogP contribution in [-0.4, -0.2) is 29.7 Å². The van der Waals surface area contributed by atoms with Gasteiger partial charge in [-0.25, -0.2) is 0 Å². The zero-order chi connectivity index (χ0) is 12.4. The van der Waals surface area contributed by atoms with Gasteiger partial charge in [0.1, 0.15) is 12.4 Å². The van der Waals surface area contributed by atoms with Crippen LogP contribution in [0.2, 0.25) is 0 Å². The van der Waals surface area contributed by atoms with Crippen LogP contribution in [0.4, 0.5) is 0 Å². The maximum atomic E-state index is 11.8. The molecule has 0 saturated heterocycles. The van der Waals surface area contributed by atoms with Gasteiger partial charge in [0.05, 0.1) is 0 Å². The number of carbonyl (C=O) groups is 1. The van der Waals surface area contributed by atoms with Gasteiger partial charge >= 0.3 is 0 Å². The third-order valence-electron chi connectivity index (χ3n) is 2.58. The van der Waals surface area contributed by atoms with Crippen molar-refractivity contribution in [2.24, 2.45) is 10.9 Å². The molecule has 2 rings (SSSR count). The van der Waals surface area contributed by atoms with Gasteiger partial charge in [0.15, 0.2) is 0 Å². The standard InChI is InChI=1S/C13H15BrN2O/c1-9(2)8-16-12(17)7-15-13(16)10-5-3-4-6-11(10)14/h3-6,9H,7-8H2,1-2H3. The van der Waals surface area contributed by atoms with Crippen LogP contribution in [0.5, 0.6) is 0 Å². The van der Waals surface area contributed by atoms with E-state index in [-0.39, 0.29) is 12.5 Å². The first-order valence-corrected chi connectivity index (χ1v) is 6.48. The fourth-order valence-electron chi connectivity index (χ4n) is 1.86. The quantitative estimate of drug-likeness (QED) is 0.844. The molecule has 0 atom stereocenters. The highest BCUT2D eigenvalue weighted by molar-refractivity contribution is 9.10. The van der Waals surface area contributed by atoms with Gasteiger partial charge in [-0.2, -0.15) is 0 Å². The molecule has 0 N–H and O–H groups in total. The van der Waals surface area contributed by atoms with Crippen LogP contribution in [0, 0.1) is 5.92 Å². The molecule has 1 amide bonds. The topological polar surface area (TPSA) is 32.7 Å². The minimum Gasteiger partial charge on any atom is -0.295 e. The Kier molecular flexibility index (Phi) is 3.62. The molecule has 0 radical (unpaired) electrons. The number of halogens is 1. The Morgan fingerprint density at radius 1 is 1.41 bits per heavy atom. The van der Waals surface area contributed by atoms with Crippen molar-refractivity contribution in [1.29, 1.82) is 0 Å². The lowest BCUT2D eigenvalue weighted by atomic mass is 10.1. The zero-order valence-corrected chi connectivity index (χ0v) is 11.6. The lowest BCUT2D eigenvalue weighted by Gasteiger charge is -2.21. The number of hydrogen-bond acceptors (Lipinski definition) is 2. The maximum Gasteiger partial charge on any atom is 0.249 e. The predicted octanol–water partition coefficient (Wildman–Crippen LogP) is 2.69. The van der Waals surface area contributed by atoms with E-state index in [0.717, 1.165) is 22.4 Å². The maximum absolute atomic E-state index is 11.8. The molecule has 0 aromatic heterocycles. The summed E-state index contributed by atoms with van der Waals surface area (Å²) in [6.45, 7) is 5.19. The smallest absolute Gasteiger partial charge is 0.249 e. The van der Waals surface area contributed by atoms with Crippen molar-refractivity contribution in [3.8, 4) is 0 Å². The Hall–Kier alpha value is -1.16. The third-order valence-corrected chi connectivity index (χ3v) is 3.27. The lowest BCUT2D eigenvalue weighted by molar-refractivity contribution is -0.125. The third kappa shape index (κ3) is 2.57. The molecular weight excluding hydrogens is 280 g/mol. The lowest BCUT2D eigenvalue weighted by Crippen LogP contribution is -2.36. The summed E-state index contributed by atoms with van der Waals surface area (Å²) in [7, 11) is 0. The second-order valence-corrected chi connectivity index (χ2v) is 5.37. The summed E-state index contributed by atoms with van der Waals surface area (Å²) in [5.74, 6) is 1.31. The van der Waals surface area contributed by atoms with Crippen molar-refractivity contribution in [3.05, 3.63) is 34.3 Å². The van der Waals surface area contributed by atoms with E-state index in [2.05, 4.69) is 34.8 Å². The van der Waals surface area contributed by atoms with Crippen molar-refractivity contribution in [1.82, 2.24) is 4.90 Å². The first-order chi connectivity index (χ1) is 8.09. The largest absolute Gasteiger partial charge is 0.295 e. The molecule has 0 saturated carbocycles. The zero-order valence-electron chi connectivity index (χ0n) is 9.98.